The quantitative estimate of drug-likeness (QED) is 0.903. The van der Waals surface area contributed by atoms with Crippen LogP contribution in [0.1, 0.15) is 19.4 Å². The zero-order chi connectivity index (χ0) is 14.5. The molecule has 1 aromatic carbocycles. The van der Waals surface area contributed by atoms with Crippen LogP contribution in [0.2, 0.25) is 5.02 Å². The van der Waals surface area contributed by atoms with Gasteiger partial charge in [0.05, 0.1) is 0 Å². The first kappa shape index (κ1) is 14.6. The Morgan fingerprint density at radius 2 is 1.90 bits per heavy atom. The topological polar surface area (TPSA) is 41.0 Å². The van der Waals surface area contributed by atoms with Crippen LogP contribution < -0.4 is 10.2 Å². The largest absolute Gasteiger partial charge is 0.357 e. The number of nitrogens with one attached hydrogen (secondary N) is 1. The van der Waals surface area contributed by atoms with Crippen LogP contribution in [-0.2, 0) is 0 Å². The summed E-state index contributed by atoms with van der Waals surface area (Å²) in [6, 6.07) is 7.71. The van der Waals surface area contributed by atoms with Crippen molar-refractivity contribution >= 4 is 28.9 Å². The van der Waals surface area contributed by atoms with Crippen LogP contribution in [0.15, 0.2) is 30.6 Å². The second kappa shape index (κ2) is 6.57. The van der Waals surface area contributed by atoms with Gasteiger partial charge in [-0.2, -0.15) is 0 Å². The van der Waals surface area contributed by atoms with Crippen LogP contribution >= 0.6 is 11.6 Å². The molecule has 0 unspecified atom stereocenters. The third-order valence-electron chi connectivity index (χ3n) is 3.19. The molecule has 0 radical (unpaired) electrons. The van der Waals surface area contributed by atoms with Gasteiger partial charge >= 0.3 is 0 Å². The highest BCUT2D eigenvalue weighted by molar-refractivity contribution is 6.30. The number of halogens is 1. The second-order valence-corrected chi connectivity index (χ2v) is 4.95. The van der Waals surface area contributed by atoms with E-state index in [0.29, 0.717) is 0 Å². The van der Waals surface area contributed by atoms with Crippen LogP contribution in [0, 0.1) is 6.92 Å². The maximum absolute atomic E-state index is 5.96. The monoisotopic (exact) mass is 290 g/mol. The Morgan fingerprint density at radius 3 is 2.55 bits per heavy atom. The Morgan fingerprint density at radius 1 is 1.15 bits per heavy atom. The van der Waals surface area contributed by atoms with Gasteiger partial charge in [0.1, 0.15) is 18.0 Å². The highest BCUT2D eigenvalue weighted by atomic mass is 35.5. The Balaban J connectivity index is 2.23. The van der Waals surface area contributed by atoms with E-state index in [4.69, 9.17) is 11.6 Å². The van der Waals surface area contributed by atoms with Gasteiger partial charge in [0.25, 0.3) is 0 Å². The van der Waals surface area contributed by atoms with Crippen LogP contribution in [0.25, 0.3) is 0 Å². The molecule has 0 spiro atoms. The third kappa shape index (κ3) is 3.39. The molecule has 0 saturated heterocycles. The number of hydrogen-bond acceptors (Lipinski definition) is 4. The normalized spacial score (nSPS) is 10.4. The van der Waals surface area contributed by atoms with E-state index in [1.807, 2.05) is 31.2 Å². The minimum Gasteiger partial charge on any atom is -0.357 e. The Kier molecular flexibility index (Phi) is 4.79. The molecule has 2 rings (SSSR count). The third-order valence-corrected chi connectivity index (χ3v) is 3.43. The van der Waals surface area contributed by atoms with Crippen molar-refractivity contribution in [1.29, 1.82) is 0 Å². The zero-order valence-electron chi connectivity index (χ0n) is 12.0. The smallest absolute Gasteiger partial charge is 0.135 e. The molecule has 2 aromatic rings. The molecule has 1 aromatic heterocycles. The maximum atomic E-state index is 5.96. The first-order valence-electron chi connectivity index (χ1n) is 6.74. The van der Waals surface area contributed by atoms with Crippen LogP contribution in [0.5, 0.6) is 0 Å². The molecule has 1 heterocycles. The van der Waals surface area contributed by atoms with Crippen molar-refractivity contribution < 1.29 is 0 Å². The fraction of sp³-hybridized carbons (Fsp3) is 0.333. The van der Waals surface area contributed by atoms with E-state index in [1.165, 1.54) is 0 Å². The number of rotatable bonds is 5. The minimum absolute atomic E-state index is 0.736. The summed E-state index contributed by atoms with van der Waals surface area (Å²) < 4.78 is 0. The summed E-state index contributed by atoms with van der Waals surface area (Å²) in [5.74, 6) is 1.71. The first-order valence-corrected chi connectivity index (χ1v) is 7.12. The minimum atomic E-state index is 0.736. The summed E-state index contributed by atoms with van der Waals surface area (Å²) in [7, 11) is 0. The van der Waals surface area contributed by atoms with Gasteiger partial charge in [0.15, 0.2) is 0 Å². The van der Waals surface area contributed by atoms with Gasteiger partial charge in [0, 0.05) is 29.9 Å². The van der Waals surface area contributed by atoms with Crippen molar-refractivity contribution in [2.75, 3.05) is 23.3 Å². The number of aromatic nitrogens is 2. The van der Waals surface area contributed by atoms with Crippen molar-refractivity contribution in [3.8, 4) is 0 Å². The lowest BCUT2D eigenvalue weighted by Gasteiger charge is -2.20. The molecular weight excluding hydrogens is 272 g/mol. The molecule has 5 heteroatoms. The second-order valence-electron chi connectivity index (χ2n) is 4.52. The molecule has 106 valence electrons. The standard InChI is InChI=1S/C15H19ClN4/c1-4-20(5-2)15-9-14(17-10-18-15)19-13-7-6-12(16)8-11(13)3/h6-10H,4-5H2,1-3H3,(H,17,18,19). The molecule has 0 amide bonds. The molecule has 0 saturated carbocycles. The molecule has 0 atom stereocenters. The summed E-state index contributed by atoms with van der Waals surface area (Å²) in [6.45, 7) is 8.09. The van der Waals surface area contributed by atoms with Crippen molar-refractivity contribution in [1.82, 2.24) is 9.97 Å². The van der Waals surface area contributed by atoms with Gasteiger partial charge in [0.2, 0.25) is 0 Å². The summed E-state index contributed by atoms with van der Waals surface area (Å²) in [5.41, 5.74) is 2.08. The molecular formula is C15H19ClN4. The summed E-state index contributed by atoms with van der Waals surface area (Å²) in [4.78, 5) is 10.8. The Labute approximate surface area is 124 Å². The van der Waals surface area contributed by atoms with E-state index >= 15 is 0 Å². The van der Waals surface area contributed by atoms with E-state index in [2.05, 4.69) is 34.0 Å². The van der Waals surface area contributed by atoms with Crippen molar-refractivity contribution in [2.24, 2.45) is 0 Å². The number of aryl methyl sites for hydroxylation is 1. The van der Waals surface area contributed by atoms with E-state index in [0.717, 1.165) is 41.0 Å². The molecule has 20 heavy (non-hydrogen) atoms. The highest BCUT2D eigenvalue weighted by Crippen LogP contribution is 2.23. The zero-order valence-corrected chi connectivity index (χ0v) is 12.8. The molecule has 0 aliphatic heterocycles. The van der Waals surface area contributed by atoms with Gasteiger partial charge in [-0.1, -0.05) is 11.6 Å². The number of nitrogens with zero attached hydrogens (tertiary/aromatic N) is 3. The lowest BCUT2D eigenvalue weighted by atomic mass is 10.2. The average molecular weight is 291 g/mol. The van der Waals surface area contributed by atoms with E-state index in [9.17, 15) is 0 Å². The van der Waals surface area contributed by atoms with Crippen molar-refractivity contribution in [3.63, 3.8) is 0 Å². The van der Waals surface area contributed by atoms with E-state index in [1.54, 1.807) is 6.33 Å². The van der Waals surface area contributed by atoms with E-state index in [-0.39, 0.29) is 0 Å². The molecule has 1 N–H and O–H groups in total. The van der Waals surface area contributed by atoms with Crippen molar-refractivity contribution in [3.05, 3.63) is 41.2 Å². The molecule has 0 fully saturated rings. The fourth-order valence-electron chi connectivity index (χ4n) is 2.04. The molecule has 0 aliphatic carbocycles. The van der Waals surface area contributed by atoms with E-state index < -0.39 is 0 Å². The summed E-state index contributed by atoms with van der Waals surface area (Å²) in [5, 5.41) is 4.04. The SMILES string of the molecule is CCN(CC)c1cc(Nc2ccc(Cl)cc2C)ncn1. The predicted octanol–water partition coefficient (Wildman–Crippen LogP) is 4.03. The molecule has 0 bridgehead atoms. The van der Waals surface area contributed by atoms with Gasteiger partial charge < -0.3 is 10.2 Å². The number of anilines is 3. The average Bonchev–Trinajstić information content (AvgIpc) is 2.44. The van der Waals surface area contributed by atoms with Gasteiger partial charge in [-0.3, -0.25) is 0 Å². The van der Waals surface area contributed by atoms with Gasteiger partial charge in [-0.15, -0.1) is 0 Å². The van der Waals surface area contributed by atoms with Crippen LogP contribution in [0.3, 0.4) is 0 Å². The summed E-state index contributed by atoms with van der Waals surface area (Å²) in [6.07, 6.45) is 1.58. The maximum Gasteiger partial charge on any atom is 0.135 e. The van der Waals surface area contributed by atoms with Crippen molar-refractivity contribution in [2.45, 2.75) is 20.8 Å². The summed E-state index contributed by atoms with van der Waals surface area (Å²) >= 11 is 5.96. The lowest BCUT2D eigenvalue weighted by Crippen LogP contribution is -2.23. The van der Waals surface area contributed by atoms with Crippen LogP contribution in [-0.4, -0.2) is 23.1 Å². The Bertz CT molecular complexity index is 582. The molecule has 0 aliphatic rings. The Hall–Kier alpha value is -1.81. The lowest BCUT2D eigenvalue weighted by molar-refractivity contribution is 0.842. The number of benzene rings is 1. The van der Waals surface area contributed by atoms with Gasteiger partial charge in [-0.05, 0) is 44.5 Å². The highest BCUT2D eigenvalue weighted by Gasteiger charge is 2.06. The molecule has 4 nitrogen and oxygen atoms in total. The number of hydrogen-bond donors (Lipinski definition) is 1. The fourth-order valence-corrected chi connectivity index (χ4v) is 2.27. The first-order chi connectivity index (χ1) is 9.63. The van der Waals surface area contributed by atoms with Crippen LogP contribution in [0.4, 0.5) is 17.3 Å². The predicted molar refractivity (Wildman–Crippen MR) is 85.1 cm³/mol. The van der Waals surface area contributed by atoms with Gasteiger partial charge in [-0.25, -0.2) is 9.97 Å².